The van der Waals surface area contributed by atoms with E-state index in [1.807, 2.05) is 24.3 Å². The van der Waals surface area contributed by atoms with E-state index in [1.165, 1.54) is 5.56 Å². The molecule has 0 radical (unpaired) electrons. The number of methoxy groups -OCH3 is 1. The molecule has 0 aromatic heterocycles. The molecule has 2 aromatic rings. The largest absolute Gasteiger partial charge is 0.496 e. The van der Waals surface area contributed by atoms with Crippen molar-refractivity contribution < 1.29 is 4.74 Å². The summed E-state index contributed by atoms with van der Waals surface area (Å²) in [6.07, 6.45) is 0. The van der Waals surface area contributed by atoms with E-state index in [1.54, 1.807) is 7.11 Å². The van der Waals surface area contributed by atoms with Gasteiger partial charge in [-0.05, 0) is 58.7 Å². The van der Waals surface area contributed by atoms with Crippen molar-refractivity contribution in [1.29, 1.82) is 0 Å². The first kappa shape index (κ1) is 16.3. The van der Waals surface area contributed by atoms with Crippen LogP contribution in [0, 0.1) is 6.92 Å². The second-order valence-corrected chi connectivity index (χ2v) is 6.57. The highest BCUT2D eigenvalue weighted by Crippen LogP contribution is 2.32. The molecule has 0 saturated carbocycles. The average Bonchev–Trinajstić information content (AvgIpc) is 2.48. The van der Waals surface area contributed by atoms with E-state index in [-0.39, 0.29) is 6.04 Å². The Balaban J connectivity index is 2.36. The predicted octanol–water partition coefficient (Wildman–Crippen LogP) is 4.64. The molecule has 1 atom stereocenters. The van der Waals surface area contributed by atoms with Crippen LogP contribution in [0.15, 0.2) is 45.3 Å². The number of ether oxygens (including phenoxy) is 1. The zero-order valence-electron chi connectivity index (χ0n) is 12.0. The van der Waals surface area contributed by atoms with E-state index in [2.05, 4.69) is 56.2 Å². The fourth-order valence-corrected chi connectivity index (χ4v) is 2.92. The quantitative estimate of drug-likeness (QED) is 0.750. The topological polar surface area (TPSA) is 47.3 Å². The summed E-state index contributed by atoms with van der Waals surface area (Å²) in [6, 6.07) is 12.1. The molecule has 0 aliphatic heterocycles. The van der Waals surface area contributed by atoms with Crippen molar-refractivity contribution in [3.63, 3.8) is 0 Å². The number of aryl methyl sites for hydroxylation is 1. The number of nitrogens with one attached hydrogen (secondary N) is 1. The molecule has 3 N–H and O–H groups in total. The minimum Gasteiger partial charge on any atom is -0.496 e. The maximum Gasteiger partial charge on any atom is 0.124 e. The van der Waals surface area contributed by atoms with Crippen LogP contribution in [0.2, 0.25) is 0 Å². The average molecular weight is 414 g/mol. The third-order valence-corrected chi connectivity index (χ3v) is 4.44. The van der Waals surface area contributed by atoms with Crippen LogP contribution < -0.4 is 15.8 Å². The molecule has 112 valence electrons. The van der Waals surface area contributed by atoms with Crippen LogP contribution in [-0.4, -0.2) is 13.7 Å². The highest BCUT2D eigenvalue weighted by atomic mass is 79.9. The summed E-state index contributed by atoms with van der Waals surface area (Å²) in [7, 11) is 1.67. The van der Waals surface area contributed by atoms with Gasteiger partial charge in [0.25, 0.3) is 0 Å². The first-order valence-electron chi connectivity index (χ1n) is 6.61. The lowest BCUT2D eigenvalue weighted by molar-refractivity contribution is 0.407. The zero-order chi connectivity index (χ0) is 15.4. The summed E-state index contributed by atoms with van der Waals surface area (Å²) in [6.45, 7) is 2.53. The van der Waals surface area contributed by atoms with Crippen LogP contribution in [0.1, 0.15) is 17.2 Å². The molecule has 1 unspecified atom stereocenters. The Labute approximate surface area is 142 Å². The monoisotopic (exact) mass is 412 g/mol. The normalized spacial score (nSPS) is 12.0. The van der Waals surface area contributed by atoms with Crippen LogP contribution in [0.3, 0.4) is 0 Å². The van der Waals surface area contributed by atoms with E-state index in [9.17, 15) is 0 Å². The van der Waals surface area contributed by atoms with Gasteiger partial charge in [-0.25, -0.2) is 0 Å². The van der Waals surface area contributed by atoms with E-state index in [4.69, 9.17) is 10.5 Å². The number of anilines is 1. The second-order valence-electron chi connectivity index (χ2n) is 4.80. The maximum atomic E-state index is 5.97. The first-order chi connectivity index (χ1) is 10.0. The van der Waals surface area contributed by atoms with Crippen molar-refractivity contribution in [2.45, 2.75) is 13.0 Å². The van der Waals surface area contributed by atoms with Crippen LogP contribution in [-0.2, 0) is 0 Å². The Morgan fingerprint density at radius 1 is 1.19 bits per heavy atom. The molecule has 5 heteroatoms. The Morgan fingerprint density at radius 2 is 1.95 bits per heavy atom. The van der Waals surface area contributed by atoms with E-state index in [0.29, 0.717) is 6.54 Å². The van der Waals surface area contributed by atoms with Gasteiger partial charge in [-0.1, -0.05) is 22.0 Å². The summed E-state index contributed by atoms with van der Waals surface area (Å²) in [5, 5.41) is 3.48. The van der Waals surface area contributed by atoms with Crippen LogP contribution >= 0.6 is 31.9 Å². The molecule has 0 amide bonds. The molecule has 2 rings (SSSR count). The third kappa shape index (κ3) is 3.99. The lowest BCUT2D eigenvalue weighted by atomic mass is 10.0. The predicted molar refractivity (Wildman–Crippen MR) is 95.0 cm³/mol. The van der Waals surface area contributed by atoms with Crippen molar-refractivity contribution in [2.75, 3.05) is 19.0 Å². The van der Waals surface area contributed by atoms with Crippen LogP contribution in [0.5, 0.6) is 5.75 Å². The molecular formula is C16H18Br2N2O. The summed E-state index contributed by atoms with van der Waals surface area (Å²) < 4.78 is 7.46. The van der Waals surface area contributed by atoms with Gasteiger partial charge in [-0.2, -0.15) is 0 Å². The first-order valence-corrected chi connectivity index (χ1v) is 8.20. The van der Waals surface area contributed by atoms with Gasteiger partial charge in [-0.3, -0.25) is 0 Å². The summed E-state index contributed by atoms with van der Waals surface area (Å²) in [4.78, 5) is 0. The van der Waals surface area contributed by atoms with Gasteiger partial charge >= 0.3 is 0 Å². The van der Waals surface area contributed by atoms with E-state index in [0.717, 1.165) is 25.9 Å². The summed E-state index contributed by atoms with van der Waals surface area (Å²) in [5.74, 6) is 0.824. The molecule has 0 fully saturated rings. The molecule has 0 heterocycles. The lowest BCUT2D eigenvalue weighted by Crippen LogP contribution is -2.21. The number of nitrogens with two attached hydrogens (primary N) is 1. The van der Waals surface area contributed by atoms with Crippen molar-refractivity contribution in [3.05, 3.63) is 56.5 Å². The van der Waals surface area contributed by atoms with Gasteiger partial charge in [0, 0.05) is 26.7 Å². The molecular weight excluding hydrogens is 396 g/mol. The summed E-state index contributed by atoms with van der Waals surface area (Å²) in [5.41, 5.74) is 9.21. The maximum absolute atomic E-state index is 5.97. The van der Waals surface area contributed by atoms with Crippen molar-refractivity contribution >= 4 is 37.5 Å². The van der Waals surface area contributed by atoms with Crippen LogP contribution in [0.4, 0.5) is 5.69 Å². The fraction of sp³-hybridized carbons (Fsp3) is 0.250. The minimum atomic E-state index is -0.0319. The molecule has 0 aliphatic rings. The molecule has 21 heavy (non-hydrogen) atoms. The highest BCUT2D eigenvalue weighted by Gasteiger charge is 2.16. The van der Waals surface area contributed by atoms with Gasteiger partial charge in [-0.15, -0.1) is 0 Å². The lowest BCUT2D eigenvalue weighted by Gasteiger charge is -2.22. The number of benzene rings is 2. The molecule has 3 nitrogen and oxygen atoms in total. The van der Waals surface area contributed by atoms with Gasteiger partial charge in [0.1, 0.15) is 5.75 Å². The van der Waals surface area contributed by atoms with Crippen molar-refractivity contribution in [3.8, 4) is 5.75 Å². The van der Waals surface area contributed by atoms with Crippen molar-refractivity contribution in [1.82, 2.24) is 0 Å². The Bertz CT molecular complexity index is 632. The Morgan fingerprint density at radius 3 is 2.62 bits per heavy atom. The molecule has 0 aliphatic carbocycles. The standard InChI is InChI=1S/C16H18Br2N2O/c1-10-3-5-13(18)14(7-10)20-15(9-19)12-8-11(17)4-6-16(12)21-2/h3-8,15,20H,9,19H2,1-2H3. The second kappa shape index (κ2) is 7.29. The highest BCUT2D eigenvalue weighted by molar-refractivity contribution is 9.10. The van der Waals surface area contributed by atoms with Gasteiger partial charge < -0.3 is 15.8 Å². The molecule has 2 aromatic carbocycles. The van der Waals surface area contributed by atoms with Gasteiger partial charge in [0.05, 0.1) is 13.2 Å². The third-order valence-electron chi connectivity index (χ3n) is 3.25. The van der Waals surface area contributed by atoms with Gasteiger partial charge in [0.15, 0.2) is 0 Å². The van der Waals surface area contributed by atoms with Crippen molar-refractivity contribution in [2.24, 2.45) is 5.73 Å². The number of rotatable bonds is 5. The number of halogens is 2. The Kier molecular flexibility index (Phi) is 5.67. The molecule has 0 spiro atoms. The molecule has 0 bridgehead atoms. The number of hydrogen-bond donors (Lipinski definition) is 2. The number of hydrogen-bond acceptors (Lipinski definition) is 3. The summed E-state index contributed by atoms with van der Waals surface area (Å²) >= 11 is 7.07. The molecule has 0 saturated heterocycles. The van der Waals surface area contributed by atoms with Gasteiger partial charge in [0.2, 0.25) is 0 Å². The Hall–Kier alpha value is -1.04. The van der Waals surface area contributed by atoms with Crippen LogP contribution in [0.25, 0.3) is 0 Å². The fourth-order valence-electron chi connectivity index (χ4n) is 2.18. The zero-order valence-corrected chi connectivity index (χ0v) is 15.2. The van der Waals surface area contributed by atoms with E-state index < -0.39 is 0 Å². The minimum absolute atomic E-state index is 0.0319. The smallest absolute Gasteiger partial charge is 0.124 e. The SMILES string of the molecule is COc1ccc(Br)cc1C(CN)Nc1cc(C)ccc1Br. The van der Waals surface area contributed by atoms with E-state index >= 15 is 0 Å².